The molecule has 0 bridgehead atoms. The van der Waals surface area contributed by atoms with E-state index in [1.54, 1.807) is 31.4 Å². The molecule has 0 fully saturated rings. The van der Waals surface area contributed by atoms with Gasteiger partial charge < -0.3 is 19.3 Å². The lowest BCUT2D eigenvalue weighted by atomic mass is 10.1. The maximum atomic E-state index is 12.0. The summed E-state index contributed by atoms with van der Waals surface area (Å²) in [5.41, 5.74) is 2.38. The summed E-state index contributed by atoms with van der Waals surface area (Å²) in [6.07, 6.45) is -0.485. The van der Waals surface area contributed by atoms with Gasteiger partial charge in [0.25, 0.3) is 0 Å². The molecule has 0 aliphatic rings. The average Bonchev–Trinajstić information content (AvgIpc) is 2.77. The summed E-state index contributed by atoms with van der Waals surface area (Å²) < 4.78 is 16.5. The Morgan fingerprint density at radius 2 is 1.59 bits per heavy atom. The largest absolute Gasteiger partial charge is 0.493 e. The Hall–Kier alpha value is -3.31. The normalized spacial score (nSPS) is 11.5. The van der Waals surface area contributed by atoms with E-state index in [1.165, 1.54) is 0 Å². The molecule has 0 saturated carbocycles. The van der Waals surface area contributed by atoms with Crippen LogP contribution >= 0.6 is 0 Å². The second-order valence-corrected chi connectivity index (χ2v) is 6.58. The van der Waals surface area contributed by atoms with E-state index in [4.69, 9.17) is 14.2 Å². The van der Waals surface area contributed by atoms with Crippen LogP contribution in [-0.2, 0) is 17.8 Å². The lowest BCUT2D eigenvalue weighted by Crippen LogP contribution is -2.21. The van der Waals surface area contributed by atoms with Crippen molar-refractivity contribution in [2.45, 2.75) is 19.1 Å². The van der Waals surface area contributed by atoms with Crippen LogP contribution in [0.25, 0.3) is 0 Å². The van der Waals surface area contributed by atoms with Crippen LogP contribution in [0.5, 0.6) is 11.5 Å². The summed E-state index contributed by atoms with van der Waals surface area (Å²) in [6.45, 7) is 0.358. The summed E-state index contributed by atoms with van der Waals surface area (Å²) in [5.74, 6) is 0.768. The molecule has 0 aromatic heterocycles. The predicted octanol–water partition coefficient (Wildman–Crippen LogP) is 4.03. The minimum atomic E-state index is -0.816. The maximum absolute atomic E-state index is 12.0. The maximum Gasteiger partial charge on any atom is 0.338 e. The first-order valence-electron chi connectivity index (χ1n) is 9.39. The summed E-state index contributed by atoms with van der Waals surface area (Å²) >= 11 is 0. The van der Waals surface area contributed by atoms with Crippen molar-refractivity contribution >= 4 is 5.97 Å². The summed E-state index contributed by atoms with van der Waals surface area (Å²) in [5, 5.41) is 10.2. The highest BCUT2D eigenvalue weighted by Gasteiger charge is 2.13. The Labute approximate surface area is 170 Å². The van der Waals surface area contributed by atoms with Crippen molar-refractivity contribution in [2.24, 2.45) is 0 Å². The van der Waals surface area contributed by atoms with Crippen molar-refractivity contribution in [3.8, 4) is 11.5 Å². The lowest BCUT2D eigenvalue weighted by Gasteiger charge is -2.15. The van der Waals surface area contributed by atoms with Crippen LogP contribution in [0.1, 0.15) is 21.5 Å². The van der Waals surface area contributed by atoms with E-state index in [-0.39, 0.29) is 6.61 Å². The molecule has 3 aromatic carbocycles. The number of hydrogen-bond donors (Lipinski definition) is 1. The minimum Gasteiger partial charge on any atom is -0.493 e. The quantitative estimate of drug-likeness (QED) is 0.557. The van der Waals surface area contributed by atoms with Crippen LogP contribution in [0.15, 0.2) is 78.9 Å². The van der Waals surface area contributed by atoms with Crippen LogP contribution in [0.3, 0.4) is 0 Å². The number of rotatable bonds is 9. The van der Waals surface area contributed by atoms with Gasteiger partial charge in [0, 0.05) is 6.42 Å². The van der Waals surface area contributed by atoms with Gasteiger partial charge in [-0.3, -0.25) is 0 Å². The third-order valence-electron chi connectivity index (χ3n) is 4.35. The SMILES string of the molecule is COc1cc(C[C@H](O)COC(=O)c2ccccc2)ccc1OCc1ccccc1. The molecule has 0 unspecified atom stereocenters. The number of ether oxygens (including phenoxy) is 3. The second kappa shape index (κ2) is 10.3. The van der Waals surface area contributed by atoms with Crippen LogP contribution in [0.4, 0.5) is 0 Å². The second-order valence-electron chi connectivity index (χ2n) is 6.58. The number of aliphatic hydroxyl groups excluding tert-OH is 1. The Morgan fingerprint density at radius 3 is 2.28 bits per heavy atom. The average molecular weight is 392 g/mol. The van der Waals surface area contributed by atoms with Gasteiger partial charge in [-0.1, -0.05) is 54.6 Å². The topological polar surface area (TPSA) is 65.0 Å². The van der Waals surface area contributed by atoms with Gasteiger partial charge in [0.15, 0.2) is 11.5 Å². The molecule has 0 spiro atoms. The molecule has 1 N–H and O–H groups in total. The third kappa shape index (κ3) is 6.09. The minimum absolute atomic E-state index is 0.0810. The number of carbonyl (C=O) groups is 1. The molecule has 0 radical (unpaired) electrons. The van der Waals surface area contributed by atoms with Crippen molar-refractivity contribution in [1.82, 2.24) is 0 Å². The molecule has 150 valence electrons. The molecule has 0 aliphatic carbocycles. The fourth-order valence-electron chi connectivity index (χ4n) is 2.85. The van der Waals surface area contributed by atoms with Crippen molar-refractivity contribution in [3.63, 3.8) is 0 Å². The van der Waals surface area contributed by atoms with Crippen molar-refractivity contribution in [2.75, 3.05) is 13.7 Å². The molecule has 0 aliphatic heterocycles. The molecule has 0 amide bonds. The van der Waals surface area contributed by atoms with Crippen molar-refractivity contribution in [3.05, 3.63) is 95.6 Å². The number of esters is 1. The summed E-state index contributed by atoms with van der Waals surface area (Å²) in [4.78, 5) is 12.0. The van der Waals surface area contributed by atoms with E-state index in [0.29, 0.717) is 30.1 Å². The van der Waals surface area contributed by atoms with Crippen LogP contribution in [0.2, 0.25) is 0 Å². The predicted molar refractivity (Wildman–Crippen MR) is 110 cm³/mol. The Bertz CT molecular complexity index is 909. The van der Waals surface area contributed by atoms with E-state index < -0.39 is 12.1 Å². The summed E-state index contributed by atoms with van der Waals surface area (Å²) in [7, 11) is 1.58. The van der Waals surface area contributed by atoms with Crippen LogP contribution in [-0.4, -0.2) is 30.9 Å². The van der Waals surface area contributed by atoms with E-state index in [2.05, 4.69) is 0 Å². The van der Waals surface area contributed by atoms with Gasteiger partial charge in [-0.25, -0.2) is 4.79 Å². The molecular weight excluding hydrogens is 368 g/mol. The molecule has 3 rings (SSSR count). The van der Waals surface area contributed by atoms with Crippen LogP contribution < -0.4 is 9.47 Å². The first kappa shape index (κ1) is 20.4. The van der Waals surface area contributed by atoms with Gasteiger partial charge in [-0.05, 0) is 35.4 Å². The zero-order chi connectivity index (χ0) is 20.5. The molecule has 5 heteroatoms. The first-order valence-corrected chi connectivity index (χ1v) is 9.39. The lowest BCUT2D eigenvalue weighted by molar-refractivity contribution is 0.0258. The fourth-order valence-corrected chi connectivity index (χ4v) is 2.85. The zero-order valence-corrected chi connectivity index (χ0v) is 16.3. The highest BCUT2D eigenvalue weighted by Crippen LogP contribution is 2.29. The van der Waals surface area contributed by atoms with Crippen LogP contribution in [0, 0.1) is 0 Å². The molecule has 0 saturated heterocycles. The molecule has 5 nitrogen and oxygen atoms in total. The summed E-state index contributed by atoms with van der Waals surface area (Å²) in [6, 6.07) is 24.1. The smallest absolute Gasteiger partial charge is 0.338 e. The first-order chi connectivity index (χ1) is 14.2. The third-order valence-corrected chi connectivity index (χ3v) is 4.35. The number of benzene rings is 3. The number of aliphatic hydroxyl groups is 1. The number of methoxy groups -OCH3 is 1. The van der Waals surface area contributed by atoms with Gasteiger partial charge in [-0.2, -0.15) is 0 Å². The highest BCUT2D eigenvalue weighted by atomic mass is 16.5. The van der Waals surface area contributed by atoms with E-state index >= 15 is 0 Å². The zero-order valence-electron chi connectivity index (χ0n) is 16.3. The molecule has 1 atom stereocenters. The van der Waals surface area contributed by atoms with Gasteiger partial charge in [0.2, 0.25) is 0 Å². The highest BCUT2D eigenvalue weighted by molar-refractivity contribution is 5.89. The van der Waals surface area contributed by atoms with Gasteiger partial charge in [0.1, 0.15) is 13.2 Å². The number of hydrogen-bond acceptors (Lipinski definition) is 5. The van der Waals surface area contributed by atoms with E-state index in [9.17, 15) is 9.90 Å². The molecular formula is C24H24O5. The Morgan fingerprint density at radius 1 is 0.897 bits per heavy atom. The van der Waals surface area contributed by atoms with E-state index in [1.807, 2.05) is 54.6 Å². The standard InChI is InChI=1S/C24H24O5/c1-27-23-15-19(12-13-22(23)28-16-18-8-4-2-5-9-18)14-21(25)17-29-24(26)20-10-6-3-7-11-20/h2-13,15,21,25H,14,16-17H2,1H3/t21-/m0/s1. The molecule has 29 heavy (non-hydrogen) atoms. The Balaban J connectivity index is 1.54. The van der Waals surface area contributed by atoms with Gasteiger partial charge >= 0.3 is 5.97 Å². The monoisotopic (exact) mass is 392 g/mol. The Kier molecular flexibility index (Phi) is 7.25. The van der Waals surface area contributed by atoms with E-state index in [0.717, 1.165) is 11.1 Å². The van der Waals surface area contributed by atoms with Gasteiger partial charge in [-0.15, -0.1) is 0 Å². The molecule has 0 heterocycles. The van der Waals surface area contributed by atoms with Crippen molar-refractivity contribution < 1.29 is 24.1 Å². The molecule has 3 aromatic rings. The fraction of sp³-hybridized carbons (Fsp3) is 0.208. The van der Waals surface area contributed by atoms with Crippen molar-refractivity contribution in [1.29, 1.82) is 0 Å². The van der Waals surface area contributed by atoms with Gasteiger partial charge in [0.05, 0.1) is 18.8 Å². The number of carbonyl (C=O) groups excluding carboxylic acids is 1.